The van der Waals surface area contributed by atoms with Gasteiger partial charge >= 0.3 is 0 Å². The maximum absolute atomic E-state index is 11.5. The molecule has 28 heavy (non-hydrogen) atoms. The number of methoxy groups -OCH3 is 1. The molecular formula is C21H35IN4O2. The molecule has 1 fully saturated rings. The number of likely N-dealkylation sites (tertiary alicyclic amines) is 1. The van der Waals surface area contributed by atoms with E-state index in [-0.39, 0.29) is 29.9 Å². The molecule has 1 aliphatic rings. The molecule has 6 nitrogen and oxygen atoms in total. The molecular weight excluding hydrogens is 467 g/mol. The molecule has 1 aromatic carbocycles. The summed E-state index contributed by atoms with van der Waals surface area (Å²) < 4.78 is 5.22. The lowest BCUT2D eigenvalue weighted by molar-refractivity contribution is -0.121. The van der Waals surface area contributed by atoms with Crippen LogP contribution in [0.4, 0.5) is 0 Å². The lowest BCUT2D eigenvalue weighted by Crippen LogP contribution is -2.46. The highest BCUT2D eigenvalue weighted by atomic mass is 127. The fourth-order valence-corrected chi connectivity index (χ4v) is 3.55. The summed E-state index contributed by atoms with van der Waals surface area (Å²) in [6.45, 7) is 5.04. The van der Waals surface area contributed by atoms with Gasteiger partial charge in [-0.15, -0.1) is 24.0 Å². The summed E-state index contributed by atoms with van der Waals surface area (Å²) in [5.41, 5.74) is 1.32. The summed E-state index contributed by atoms with van der Waals surface area (Å²) in [6.07, 6.45) is 3.75. The van der Waals surface area contributed by atoms with Crippen molar-refractivity contribution in [2.75, 3.05) is 40.8 Å². The first kappa shape index (κ1) is 24.5. The van der Waals surface area contributed by atoms with Gasteiger partial charge in [-0.05, 0) is 48.8 Å². The molecule has 2 rings (SSSR count). The second-order valence-corrected chi connectivity index (χ2v) is 7.24. The molecule has 0 aliphatic carbocycles. The highest BCUT2D eigenvalue weighted by molar-refractivity contribution is 14.0. The van der Waals surface area contributed by atoms with Crippen LogP contribution in [0.5, 0.6) is 5.75 Å². The zero-order valence-electron chi connectivity index (χ0n) is 17.5. The van der Waals surface area contributed by atoms with Crippen molar-refractivity contribution < 1.29 is 9.53 Å². The van der Waals surface area contributed by atoms with Crippen LogP contribution < -0.4 is 15.4 Å². The van der Waals surface area contributed by atoms with Crippen molar-refractivity contribution in [2.45, 2.75) is 38.5 Å². The van der Waals surface area contributed by atoms with Crippen LogP contribution in [-0.2, 0) is 4.79 Å². The Labute approximate surface area is 186 Å². The topological polar surface area (TPSA) is 66.0 Å². The van der Waals surface area contributed by atoms with E-state index in [2.05, 4.69) is 39.6 Å². The largest absolute Gasteiger partial charge is 0.497 e. The zero-order valence-corrected chi connectivity index (χ0v) is 19.9. The van der Waals surface area contributed by atoms with Crippen molar-refractivity contribution in [3.05, 3.63) is 29.8 Å². The van der Waals surface area contributed by atoms with Gasteiger partial charge in [0.25, 0.3) is 0 Å². The fourth-order valence-electron chi connectivity index (χ4n) is 3.55. The molecule has 7 heteroatoms. The molecule has 1 aliphatic heterocycles. The van der Waals surface area contributed by atoms with Crippen LogP contribution in [-0.4, -0.2) is 57.6 Å². The Morgan fingerprint density at radius 2 is 1.93 bits per heavy atom. The third-order valence-corrected chi connectivity index (χ3v) is 5.42. The molecule has 2 N–H and O–H groups in total. The molecule has 1 heterocycles. The van der Waals surface area contributed by atoms with E-state index in [0.29, 0.717) is 18.3 Å². The van der Waals surface area contributed by atoms with Crippen molar-refractivity contribution in [1.29, 1.82) is 0 Å². The Morgan fingerprint density at radius 1 is 1.29 bits per heavy atom. The maximum Gasteiger partial charge on any atom is 0.220 e. The first-order valence-electron chi connectivity index (χ1n) is 9.87. The van der Waals surface area contributed by atoms with Crippen LogP contribution in [0.2, 0.25) is 0 Å². The minimum Gasteiger partial charge on any atom is -0.497 e. The van der Waals surface area contributed by atoms with Gasteiger partial charge < -0.3 is 20.3 Å². The van der Waals surface area contributed by atoms with Gasteiger partial charge in [-0.1, -0.05) is 19.1 Å². The van der Waals surface area contributed by atoms with Crippen molar-refractivity contribution >= 4 is 35.8 Å². The molecule has 0 aromatic heterocycles. The number of nitrogens with one attached hydrogen (secondary N) is 2. The van der Waals surface area contributed by atoms with Crippen molar-refractivity contribution in [3.63, 3.8) is 0 Å². The Kier molecular flexibility index (Phi) is 11.3. The number of nitrogens with zero attached hydrogens (tertiary/aromatic N) is 2. The quantitative estimate of drug-likeness (QED) is 0.342. The SMILES string of the molecule is CN=C(NCCC(C)c1ccc(OC)cc1)N1CCC(CC(=O)NC)CC1.I. The number of hydrogen-bond acceptors (Lipinski definition) is 3. The summed E-state index contributed by atoms with van der Waals surface area (Å²) in [7, 11) is 5.23. The molecule has 1 aromatic rings. The number of halogens is 1. The number of aliphatic imine (C=N–C) groups is 1. The monoisotopic (exact) mass is 502 g/mol. The van der Waals surface area contributed by atoms with E-state index in [9.17, 15) is 4.79 Å². The zero-order chi connectivity index (χ0) is 19.6. The summed E-state index contributed by atoms with van der Waals surface area (Å²) in [4.78, 5) is 18.3. The normalized spacial score (nSPS) is 16.1. The van der Waals surface area contributed by atoms with E-state index in [0.717, 1.165) is 50.6 Å². The highest BCUT2D eigenvalue weighted by Gasteiger charge is 2.23. The van der Waals surface area contributed by atoms with Gasteiger partial charge in [-0.3, -0.25) is 9.79 Å². The number of hydrogen-bond donors (Lipinski definition) is 2. The minimum atomic E-state index is 0. The molecule has 0 bridgehead atoms. The van der Waals surface area contributed by atoms with E-state index in [4.69, 9.17) is 4.74 Å². The Balaban J connectivity index is 0.00000392. The third kappa shape index (κ3) is 7.48. The molecule has 158 valence electrons. The van der Waals surface area contributed by atoms with Gasteiger partial charge in [0.2, 0.25) is 5.91 Å². The van der Waals surface area contributed by atoms with Gasteiger partial charge in [0.15, 0.2) is 5.96 Å². The smallest absolute Gasteiger partial charge is 0.220 e. The van der Waals surface area contributed by atoms with Crippen LogP contribution in [0.25, 0.3) is 0 Å². The number of guanidine groups is 1. The lowest BCUT2D eigenvalue weighted by Gasteiger charge is -2.34. The number of amides is 1. The predicted molar refractivity (Wildman–Crippen MR) is 126 cm³/mol. The first-order valence-corrected chi connectivity index (χ1v) is 9.87. The minimum absolute atomic E-state index is 0. The Morgan fingerprint density at radius 3 is 2.46 bits per heavy atom. The summed E-state index contributed by atoms with van der Waals surface area (Å²) >= 11 is 0. The Bertz CT molecular complexity index is 613. The molecule has 1 amide bonds. The van der Waals surface area contributed by atoms with E-state index in [1.54, 1.807) is 14.2 Å². The number of ether oxygens (including phenoxy) is 1. The van der Waals surface area contributed by atoms with Gasteiger partial charge in [0.1, 0.15) is 5.75 Å². The number of piperidine rings is 1. The van der Waals surface area contributed by atoms with E-state index >= 15 is 0 Å². The first-order chi connectivity index (χ1) is 13.1. The summed E-state index contributed by atoms with van der Waals surface area (Å²) in [5.74, 6) is 2.96. The van der Waals surface area contributed by atoms with Gasteiger partial charge in [0, 0.05) is 40.2 Å². The molecule has 0 saturated carbocycles. The second kappa shape index (κ2) is 12.9. The Hall–Kier alpha value is -1.51. The maximum atomic E-state index is 11.5. The van der Waals surface area contributed by atoms with Crippen LogP contribution in [0, 0.1) is 5.92 Å². The summed E-state index contributed by atoms with van der Waals surface area (Å²) in [5, 5.41) is 6.22. The standard InChI is InChI=1S/C21H34N4O2.HI/c1-16(18-5-7-19(27-4)8-6-18)9-12-24-21(23-3)25-13-10-17(11-14-25)15-20(26)22-2;/h5-8,16-17H,9-15H2,1-4H3,(H,22,26)(H,23,24);1H. The third-order valence-electron chi connectivity index (χ3n) is 5.42. The van der Waals surface area contributed by atoms with Crippen molar-refractivity contribution in [3.8, 4) is 5.75 Å². The molecule has 1 atom stereocenters. The van der Waals surface area contributed by atoms with E-state index in [1.165, 1.54) is 5.56 Å². The van der Waals surface area contributed by atoms with Crippen molar-refractivity contribution in [2.24, 2.45) is 10.9 Å². The molecule has 1 saturated heterocycles. The van der Waals surface area contributed by atoms with E-state index < -0.39 is 0 Å². The molecule has 1 unspecified atom stereocenters. The van der Waals surface area contributed by atoms with Crippen molar-refractivity contribution in [1.82, 2.24) is 15.5 Å². The summed E-state index contributed by atoms with van der Waals surface area (Å²) in [6, 6.07) is 8.30. The van der Waals surface area contributed by atoms with Crippen LogP contribution in [0.15, 0.2) is 29.3 Å². The van der Waals surface area contributed by atoms with Gasteiger partial charge in [-0.2, -0.15) is 0 Å². The fraction of sp³-hybridized carbons (Fsp3) is 0.619. The van der Waals surface area contributed by atoms with Gasteiger partial charge in [0.05, 0.1) is 7.11 Å². The predicted octanol–water partition coefficient (Wildman–Crippen LogP) is 3.23. The average Bonchev–Trinajstić information content (AvgIpc) is 2.71. The van der Waals surface area contributed by atoms with Crippen LogP contribution in [0.1, 0.15) is 44.1 Å². The number of benzene rings is 1. The number of rotatable bonds is 7. The van der Waals surface area contributed by atoms with Crippen LogP contribution >= 0.6 is 24.0 Å². The second-order valence-electron chi connectivity index (χ2n) is 7.24. The highest BCUT2D eigenvalue weighted by Crippen LogP contribution is 2.22. The van der Waals surface area contributed by atoms with Gasteiger partial charge in [-0.25, -0.2) is 0 Å². The average molecular weight is 502 g/mol. The lowest BCUT2D eigenvalue weighted by atomic mass is 9.93. The van der Waals surface area contributed by atoms with Crippen LogP contribution in [0.3, 0.4) is 0 Å². The number of carbonyl (C=O) groups excluding carboxylic acids is 1. The molecule has 0 spiro atoms. The molecule has 0 radical (unpaired) electrons. The number of carbonyl (C=O) groups is 1. The van der Waals surface area contributed by atoms with E-state index in [1.807, 2.05) is 19.2 Å².